The molecule has 0 unspecified atom stereocenters. The second-order valence-corrected chi connectivity index (χ2v) is 4.54. The van der Waals surface area contributed by atoms with Gasteiger partial charge in [-0.2, -0.15) is 0 Å². The zero-order valence-electron chi connectivity index (χ0n) is 11.1. The Morgan fingerprint density at radius 3 is 2.21 bits per heavy atom. The number of nitrogens with zero attached hydrogens (tertiary/aromatic N) is 1. The van der Waals surface area contributed by atoms with Crippen LogP contribution in [-0.4, -0.2) is 30.2 Å². The molecule has 6 heteroatoms. The number of benzene rings is 1. The summed E-state index contributed by atoms with van der Waals surface area (Å²) in [6.07, 6.45) is 0. The molecule has 0 radical (unpaired) electrons. The highest BCUT2D eigenvalue weighted by Gasteiger charge is 2.25. The fourth-order valence-electron chi connectivity index (χ4n) is 1.53. The highest BCUT2D eigenvalue weighted by molar-refractivity contribution is 5.94. The van der Waals surface area contributed by atoms with Gasteiger partial charge in [0, 0.05) is 12.7 Å². The van der Waals surface area contributed by atoms with Crippen LogP contribution in [0, 0.1) is 11.7 Å². The lowest BCUT2D eigenvalue weighted by atomic mass is 10.1. The van der Waals surface area contributed by atoms with Crippen molar-refractivity contribution in [1.29, 1.82) is 0 Å². The highest BCUT2D eigenvalue weighted by Crippen LogP contribution is 2.13. The Balaban J connectivity index is 2.77. The van der Waals surface area contributed by atoms with Gasteiger partial charge in [-0.25, -0.2) is 14.0 Å². The van der Waals surface area contributed by atoms with Crippen LogP contribution in [0.1, 0.15) is 13.8 Å². The summed E-state index contributed by atoms with van der Waals surface area (Å²) in [5, 5.41) is 11.4. The first-order valence-electron chi connectivity index (χ1n) is 5.85. The molecule has 0 aliphatic heterocycles. The molecule has 104 valence electrons. The summed E-state index contributed by atoms with van der Waals surface area (Å²) in [6, 6.07) is 3.84. The minimum Gasteiger partial charge on any atom is -0.480 e. The molecule has 1 rings (SSSR count). The van der Waals surface area contributed by atoms with Gasteiger partial charge in [-0.15, -0.1) is 0 Å². The lowest BCUT2D eigenvalue weighted by Crippen LogP contribution is -2.49. The molecular weight excluding hydrogens is 251 g/mol. The van der Waals surface area contributed by atoms with E-state index < -0.39 is 23.9 Å². The van der Waals surface area contributed by atoms with Gasteiger partial charge in [-0.3, -0.25) is 4.90 Å². The zero-order valence-corrected chi connectivity index (χ0v) is 11.1. The van der Waals surface area contributed by atoms with Gasteiger partial charge in [-0.1, -0.05) is 13.8 Å². The second kappa shape index (κ2) is 6.17. The van der Waals surface area contributed by atoms with Gasteiger partial charge >= 0.3 is 12.0 Å². The molecule has 1 aromatic carbocycles. The smallest absolute Gasteiger partial charge is 0.326 e. The number of nitrogens with one attached hydrogen (secondary N) is 1. The first kappa shape index (κ1) is 14.9. The molecule has 1 aromatic rings. The van der Waals surface area contributed by atoms with Crippen LogP contribution in [0.3, 0.4) is 0 Å². The van der Waals surface area contributed by atoms with E-state index in [0.717, 1.165) is 0 Å². The van der Waals surface area contributed by atoms with Gasteiger partial charge in [0.15, 0.2) is 0 Å². The van der Waals surface area contributed by atoms with Crippen LogP contribution < -0.4 is 10.2 Å². The number of carboxylic acid groups (broad SMARTS) is 1. The maximum absolute atomic E-state index is 12.8. The van der Waals surface area contributed by atoms with E-state index in [4.69, 9.17) is 5.11 Å². The average Bonchev–Trinajstić information content (AvgIpc) is 2.34. The predicted octanol–water partition coefficient (Wildman–Crippen LogP) is 2.08. The van der Waals surface area contributed by atoms with E-state index in [1.807, 2.05) is 0 Å². The van der Waals surface area contributed by atoms with Crippen LogP contribution in [0.15, 0.2) is 24.3 Å². The minimum atomic E-state index is -1.09. The lowest BCUT2D eigenvalue weighted by molar-refractivity contribution is -0.140. The normalized spacial score (nSPS) is 12.1. The standard InChI is InChI=1S/C13H17FN2O3/c1-8(2)11(12(17)18)15-13(19)16(3)10-6-4-9(14)5-7-10/h4-8,11H,1-3H3,(H,15,19)(H,17,18)/t11-/m0/s1. The molecule has 5 nitrogen and oxygen atoms in total. The first-order chi connectivity index (χ1) is 8.82. The fourth-order valence-corrected chi connectivity index (χ4v) is 1.53. The quantitative estimate of drug-likeness (QED) is 0.878. The topological polar surface area (TPSA) is 69.6 Å². The Bertz CT molecular complexity index is 459. The summed E-state index contributed by atoms with van der Waals surface area (Å²) >= 11 is 0. The van der Waals surface area contributed by atoms with Gasteiger partial charge in [0.1, 0.15) is 11.9 Å². The van der Waals surface area contributed by atoms with Gasteiger partial charge < -0.3 is 10.4 Å². The molecule has 2 amide bonds. The van der Waals surface area contributed by atoms with Gasteiger partial charge in [0.25, 0.3) is 0 Å². The summed E-state index contributed by atoms with van der Waals surface area (Å²) < 4.78 is 12.8. The molecule has 0 aromatic heterocycles. The number of hydrogen-bond donors (Lipinski definition) is 2. The van der Waals surface area contributed by atoms with E-state index in [0.29, 0.717) is 5.69 Å². The number of carbonyl (C=O) groups excluding carboxylic acids is 1. The summed E-state index contributed by atoms with van der Waals surface area (Å²) in [5.74, 6) is -1.72. The van der Waals surface area contributed by atoms with Crippen LogP contribution in [0.5, 0.6) is 0 Å². The molecule has 19 heavy (non-hydrogen) atoms. The summed E-state index contributed by atoms with van der Waals surface area (Å²) in [7, 11) is 1.49. The number of amides is 2. The molecule has 0 aliphatic rings. The van der Waals surface area contributed by atoms with E-state index in [1.165, 1.54) is 36.2 Å². The number of carboxylic acids is 1. The monoisotopic (exact) mass is 268 g/mol. The predicted molar refractivity (Wildman–Crippen MR) is 69.6 cm³/mol. The number of aliphatic carboxylic acids is 1. The van der Waals surface area contributed by atoms with Crippen molar-refractivity contribution in [3.8, 4) is 0 Å². The summed E-state index contributed by atoms with van der Waals surface area (Å²) in [4.78, 5) is 24.1. The third-order valence-corrected chi connectivity index (χ3v) is 2.73. The Morgan fingerprint density at radius 1 is 1.26 bits per heavy atom. The fraction of sp³-hybridized carbons (Fsp3) is 0.385. The molecule has 1 atom stereocenters. The van der Waals surface area contributed by atoms with E-state index in [2.05, 4.69) is 5.32 Å². The largest absolute Gasteiger partial charge is 0.480 e. The molecule has 0 aliphatic carbocycles. The summed E-state index contributed by atoms with van der Waals surface area (Å²) in [6.45, 7) is 3.41. The molecule has 0 saturated carbocycles. The second-order valence-electron chi connectivity index (χ2n) is 4.54. The Morgan fingerprint density at radius 2 is 1.79 bits per heavy atom. The van der Waals surface area contributed by atoms with Crippen LogP contribution in [0.4, 0.5) is 14.9 Å². The molecule has 0 fully saturated rings. The van der Waals surface area contributed by atoms with Crippen molar-refractivity contribution in [3.05, 3.63) is 30.1 Å². The molecule has 0 heterocycles. The Hall–Kier alpha value is -2.11. The van der Waals surface area contributed by atoms with E-state index in [1.54, 1.807) is 13.8 Å². The highest BCUT2D eigenvalue weighted by atomic mass is 19.1. The van der Waals surface area contributed by atoms with Crippen molar-refractivity contribution in [2.24, 2.45) is 5.92 Å². The molecular formula is C13H17FN2O3. The van der Waals surface area contributed by atoms with Crippen molar-refractivity contribution in [2.45, 2.75) is 19.9 Å². The van der Waals surface area contributed by atoms with Crippen LogP contribution in [0.2, 0.25) is 0 Å². The first-order valence-corrected chi connectivity index (χ1v) is 5.85. The van der Waals surface area contributed by atoms with Crippen molar-refractivity contribution in [3.63, 3.8) is 0 Å². The van der Waals surface area contributed by atoms with E-state index >= 15 is 0 Å². The van der Waals surface area contributed by atoms with E-state index in [-0.39, 0.29) is 5.92 Å². The molecule has 0 spiro atoms. The van der Waals surface area contributed by atoms with Crippen LogP contribution in [0.25, 0.3) is 0 Å². The number of carbonyl (C=O) groups is 2. The zero-order chi connectivity index (χ0) is 14.6. The number of urea groups is 1. The van der Waals surface area contributed by atoms with Gasteiger partial charge in [0.2, 0.25) is 0 Å². The summed E-state index contributed by atoms with van der Waals surface area (Å²) in [5.41, 5.74) is 0.479. The SMILES string of the molecule is CC(C)[C@H](NC(=O)N(C)c1ccc(F)cc1)C(=O)O. The van der Waals surface area contributed by atoms with Gasteiger partial charge in [0.05, 0.1) is 0 Å². The molecule has 2 N–H and O–H groups in total. The van der Waals surface area contributed by atoms with Crippen LogP contribution in [-0.2, 0) is 4.79 Å². The Kier molecular flexibility index (Phi) is 4.86. The average molecular weight is 268 g/mol. The third kappa shape index (κ3) is 3.94. The van der Waals surface area contributed by atoms with Crippen molar-refractivity contribution in [1.82, 2.24) is 5.32 Å². The van der Waals surface area contributed by atoms with Gasteiger partial charge in [-0.05, 0) is 30.2 Å². The third-order valence-electron chi connectivity index (χ3n) is 2.73. The maximum Gasteiger partial charge on any atom is 0.326 e. The number of anilines is 1. The van der Waals surface area contributed by atoms with Crippen molar-refractivity contribution in [2.75, 3.05) is 11.9 Å². The molecule has 0 bridgehead atoms. The van der Waals surface area contributed by atoms with Crippen LogP contribution >= 0.6 is 0 Å². The number of hydrogen-bond acceptors (Lipinski definition) is 2. The van der Waals surface area contributed by atoms with Crippen molar-refractivity contribution < 1.29 is 19.1 Å². The van der Waals surface area contributed by atoms with Crippen molar-refractivity contribution >= 4 is 17.7 Å². The molecule has 0 saturated heterocycles. The minimum absolute atomic E-state index is 0.233. The number of halogens is 1. The maximum atomic E-state index is 12.8. The number of rotatable bonds is 4. The Labute approximate surface area is 111 Å². The van der Waals surface area contributed by atoms with E-state index in [9.17, 15) is 14.0 Å². The lowest BCUT2D eigenvalue weighted by Gasteiger charge is -2.23.